The number of amides is 1. The van der Waals surface area contributed by atoms with E-state index < -0.39 is 12.0 Å². The topological polar surface area (TPSA) is 92.4 Å². The molecule has 5 nitrogen and oxygen atoms in total. The van der Waals surface area contributed by atoms with E-state index in [1.807, 2.05) is 13.8 Å². The number of nitrogens with one attached hydrogen (secondary N) is 1. The summed E-state index contributed by atoms with van der Waals surface area (Å²) in [7, 11) is 0. The minimum atomic E-state index is -0.996. The molecule has 0 saturated carbocycles. The van der Waals surface area contributed by atoms with Gasteiger partial charge in [0, 0.05) is 6.04 Å². The Bertz CT molecular complexity index is 274. The van der Waals surface area contributed by atoms with Crippen LogP contribution < -0.4 is 11.1 Å². The van der Waals surface area contributed by atoms with Crippen molar-refractivity contribution in [1.29, 1.82) is 0 Å². The second-order valence-corrected chi connectivity index (χ2v) is 5.89. The molecule has 0 heterocycles. The number of hydrogen-bond donors (Lipinski definition) is 3. The molecule has 0 aliphatic carbocycles. The first-order valence-electron chi connectivity index (χ1n) is 6.28. The van der Waals surface area contributed by atoms with E-state index in [4.69, 9.17) is 10.8 Å². The summed E-state index contributed by atoms with van der Waals surface area (Å²) in [4.78, 5) is 22.3. The van der Waals surface area contributed by atoms with Gasteiger partial charge in [-0.2, -0.15) is 0 Å². The van der Waals surface area contributed by atoms with Crippen molar-refractivity contribution in [3.63, 3.8) is 0 Å². The number of carboxylic acid groups (broad SMARTS) is 1. The number of nitrogens with two attached hydrogens (primary N) is 1. The molecule has 4 N–H and O–H groups in total. The van der Waals surface area contributed by atoms with Crippen molar-refractivity contribution < 1.29 is 14.7 Å². The maximum absolute atomic E-state index is 11.8. The molecular formula is C12H24N2O3S. The van der Waals surface area contributed by atoms with Crippen LogP contribution in [0.1, 0.15) is 40.0 Å². The molecule has 0 aromatic carbocycles. The highest BCUT2D eigenvalue weighted by molar-refractivity contribution is 8.00. The zero-order chi connectivity index (χ0) is 14.1. The van der Waals surface area contributed by atoms with Crippen LogP contribution in [0.2, 0.25) is 0 Å². The molecule has 1 amide bonds. The van der Waals surface area contributed by atoms with Gasteiger partial charge in [0.15, 0.2) is 0 Å². The molecule has 0 rings (SSSR count). The van der Waals surface area contributed by atoms with E-state index in [2.05, 4.69) is 12.2 Å². The third kappa shape index (κ3) is 7.55. The van der Waals surface area contributed by atoms with Gasteiger partial charge in [-0.1, -0.05) is 13.3 Å². The lowest BCUT2D eigenvalue weighted by molar-refractivity contribution is -0.138. The highest BCUT2D eigenvalue weighted by Crippen LogP contribution is 2.13. The van der Waals surface area contributed by atoms with Gasteiger partial charge in [-0.15, -0.1) is 11.8 Å². The minimum absolute atomic E-state index is 0.00449. The van der Waals surface area contributed by atoms with Crippen LogP contribution in [-0.2, 0) is 9.59 Å². The fourth-order valence-electron chi connectivity index (χ4n) is 1.44. The molecule has 106 valence electrons. The molecule has 0 spiro atoms. The number of carboxylic acids is 1. The molecule has 0 aliphatic heterocycles. The highest BCUT2D eigenvalue weighted by Gasteiger charge is 2.17. The second kappa shape index (κ2) is 9.22. The van der Waals surface area contributed by atoms with E-state index in [9.17, 15) is 9.59 Å². The minimum Gasteiger partial charge on any atom is -0.480 e. The van der Waals surface area contributed by atoms with Crippen molar-refractivity contribution >= 4 is 23.6 Å². The highest BCUT2D eigenvalue weighted by atomic mass is 32.2. The smallest absolute Gasteiger partial charge is 0.320 e. The van der Waals surface area contributed by atoms with Gasteiger partial charge in [0.25, 0.3) is 0 Å². The third-order valence-electron chi connectivity index (χ3n) is 2.59. The van der Waals surface area contributed by atoms with E-state index in [0.717, 1.165) is 12.8 Å². The number of hydrogen-bond acceptors (Lipinski definition) is 4. The van der Waals surface area contributed by atoms with E-state index in [0.29, 0.717) is 12.2 Å². The van der Waals surface area contributed by atoms with Crippen LogP contribution in [0.15, 0.2) is 0 Å². The van der Waals surface area contributed by atoms with Gasteiger partial charge >= 0.3 is 5.97 Å². The van der Waals surface area contributed by atoms with Gasteiger partial charge in [-0.05, 0) is 32.4 Å². The van der Waals surface area contributed by atoms with Crippen LogP contribution >= 0.6 is 11.8 Å². The molecule has 3 atom stereocenters. The van der Waals surface area contributed by atoms with Crippen molar-refractivity contribution in [3.8, 4) is 0 Å². The summed E-state index contributed by atoms with van der Waals surface area (Å²) in [6.07, 6.45) is 2.38. The fourth-order valence-corrected chi connectivity index (χ4v) is 2.40. The molecule has 0 saturated heterocycles. The SMILES string of the molecule is CCCC(C)NC(=O)C(C)SCCC(N)C(=O)O. The van der Waals surface area contributed by atoms with Crippen LogP contribution in [0.5, 0.6) is 0 Å². The van der Waals surface area contributed by atoms with E-state index in [-0.39, 0.29) is 17.2 Å². The van der Waals surface area contributed by atoms with Gasteiger partial charge in [0.2, 0.25) is 5.91 Å². The molecule has 0 bridgehead atoms. The van der Waals surface area contributed by atoms with Gasteiger partial charge in [0.1, 0.15) is 6.04 Å². The van der Waals surface area contributed by atoms with Crippen LogP contribution in [0, 0.1) is 0 Å². The van der Waals surface area contributed by atoms with Crippen molar-refractivity contribution in [2.45, 2.75) is 57.4 Å². The van der Waals surface area contributed by atoms with Crippen LogP contribution in [0.4, 0.5) is 0 Å². The molecule has 6 heteroatoms. The molecule has 0 radical (unpaired) electrons. The average Bonchev–Trinajstić information content (AvgIpc) is 2.28. The zero-order valence-electron chi connectivity index (χ0n) is 11.3. The van der Waals surface area contributed by atoms with Gasteiger partial charge < -0.3 is 16.2 Å². The third-order valence-corrected chi connectivity index (χ3v) is 3.78. The van der Waals surface area contributed by atoms with Gasteiger partial charge in [0.05, 0.1) is 5.25 Å². The normalized spacial score (nSPS) is 15.8. The molecule has 0 fully saturated rings. The Morgan fingerprint density at radius 2 is 1.94 bits per heavy atom. The molecular weight excluding hydrogens is 252 g/mol. The summed E-state index contributed by atoms with van der Waals surface area (Å²) < 4.78 is 0. The molecule has 0 aromatic heterocycles. The Morgan fingerprint density at radius 3 is 2.44 bits per heavy atom. The molecule has 3 unspecified atom stereocenters. The summed E-state index contributed by atoms with van der Waals surface area (Å²) in [5, 5.41) is 11.4. The predicted octanol–water partition coefficient (Wildman–Crippen LogP) is 1.21. The van der Waals surface area contributed by atoms with Crippen LogP contribution in [0.25, 0.3) is 0 Å². The second-order valence-electron chi connectivity index (χ2n) is 4.44. The predicted molar refractivity (Wildman–Crippen MR) is 74.7 cm³/mol. The largest absolute Gasteiger partial charge is 0.480 e. The van der Waals surface area contributed by atoms with E-state index >= 15 is 0 Å². The van der Waals surface area contributed by atoms with Crippen molar-refractivity contribution in [1.82, 2.24) is 5.32 Å². The van der Waals surface area contributed by atoms with Crippen molar-refractivity contribution in [2.75, 3.05) is 5.75 Å². The quantitative estimate of drug-likeness (QED) is 0.589. The summed E-state index contributed by atoms with van der Waals surface area (Å²) in [5.41, 5.74) is 5.39. The fraction of sp³-hybridized carbons (Fsp3) is 0.833. The Morgan fingerprint density at radius 1 is 1.33 bits per heavy atom. The van der Waals surface area contributed by atoms with Gasteiger partial charge in [-0.3, -0.25) is 9.59 Å². The van der Waals surface area contributed by atoms with Crippen molar-refractivity contribution in [2.24, 2.45) is 5.73 Å². The monoisotopic (exact) mass is 276 g/mol. The molecule has 18 heavy (non-hydrogen) atoms. The average molecular weight is 276 g/mol. The lowest BCUT2D eigenvalue weighted by Crippen LogP contribution is -2.38. The first kappa shape index (κ1) is 17.2. The Labute approximate surface area is 113 Å². The van der Waals surface area contributed by atoms with Crippen LogP contribution in [-0.4, -0.2) is 40.1 Å². The summed E-state index contributed by atoms with van der Waals surface area (Å²) >= 11 is 1.43. The Balaban J connectivity index is 3.84. The Hall–Kier alpha value is -0.750. The number of rotatable bonds is 9. The number of carbonyl (C=O) groups is 2. The first-order chi connectivity index (χ1) is 8.38. The molecule has 0 aliphatic rings. The van der Waals surface area contributed by atoms with E-state index in [1.54, 1.807) is 0 Å². The lowest BCUT2D eigenvalue weighted by atomic mass is 10.2. The maximum atomic E-state index is 11.8. The first-order valence-corrected chi connectivity index (χ1v) is 7.33. The van der Waals surface area contributed by atoms with Gasteiger partial charge in [-0.25, -0.2) is 0 Å². The summed E-state index contributed by atoms with van der Waals surface area (Å²) in [5.74, 6) is -0.418. The standard InChI is InChI=1S/C12H24N2O3S/c1-4-5-8(2)14-11(15)9(3)18-7-6-10(13)12(16)17/h8-10H,4-7,13H2,1-3H3,(H,14,15)(H,16,17). The Kier molecular flexibility index (Phi) is 8.83. The van der Waals surface area contributed by atoms with Crippen molar-refractivity contribution in [3.05, 3.63) is 0 Å². The summed E-state index contributed by atoms with van der Waals surface area (Å²) in [6, 6.07) is -0.654. The summed E-state index contributed by atoms with van der Waals surface area (Å²) in [6.45, 7) is 5.89. The van der Waals surface area contributed by atoms with E-state index in [1.165, 1.54) is 11.8 Å². The molecule has 0 aromatic rings. The number of aliphatic carboxylic acids is 1. The number of thioether (sulfide) groups is 1. The maximum Gasteiger partial charge on any atom is 0.320 e. The lowest BCUT2D eigenvalue weighted by Gasteiger charge is -2.17. The van der Waals surface area contributed by atoms with Crippen LogP contribution in [0.3, 0.4) is 0 Å². The zero-order valence-corrected chi connectivity index (χ0v) is 12.1. The number of carbonyl (C=O) groups excluding carboxylic acids is 1.